The molecule has 0 spiro atoms. The molecule has 0 radical (unpaired) electrons. The second kappa shape index (κ2) is 5.75. The largest absolute Gasteiger partial charge is 0.353 e. The highest BCUT2D eigenvalue weighted by Crippen LogP contribution is 2.20. The molecular weight excluding hydrogens is 280 g/mol. The number of hydrogen-bond donors (Lipinski definition) is 2. The SMILES string of the molecule is NCCNc1nccc(-c2ccc(Br)cc2)n1. The van der Waals surface area contributed by atoms with E-state index < -0.39 is 0 Å². The zero-order valence-electron chi connectivity index (χ0n) is 9.23. The Morgan fingerprint density at radius 2 is 1.94 bits per heavy atom. The number of nitrogens with one attached hydrogen (secondary N) is 1. The molecule has 0 aliphatic rings. The lowest BCUT2D eigenvalue weighted by Gasteiger charge is -2.05. The van der Waals surface area contributed by atoms with Crippen LogP contribution in [0.1, 0.15) is 0 Å². The molecule has 1 aromatic heterocycles. The molecule has 0 bridgehead atoms. The van der Waals surface area contributed by atoms with Crippen molar-refractivity contribution < 1.29 is 0 Å². The Hall–Kier alpha value is -1.46. The van der Waals surface area contributed by atoms with Gasteiger partial charge in [-0.05, 0) is 18.2 Å². The summed E-state index contributed by atoms with van der Waals surface area (Å²) in [5.74, 6) is 0.607. The van der Waals surface area contributed by atoms with Gasteiger partial charge in [0.25, 0.3) is 0 Å². The van der Waals surface area contributed by atoms with Crippen molar-refractivity contribution in [2.24, 2.45) is 5.73 Å². The highest BCUT2D eigenvalue weighted by molar-refractivity contribution is 9.10. The Kier molecular flexibility index (Phi) is 4.06. The van der Waals surface area contributed by atoms with Crippen molar-refractivity contribution in [3.63, 3.8) is 0 Å². The number of halogens is 1. The minimum absolute atomic E-state index is 0.561. The molecule has 17 heavy (non-hydrogen) atoms. The molecule has 0 saturated heterocycles. The molecule has 0 aliphatic carbocycles. The summed E-state index contributed by atoms with van der Waals surface area (Å²) >= 11 is 3.41. The van der Waals surface area contributed by atoms with Crippen molar-refractivity contribution >= 4 is 21.9 Å². The van der Waals surface area contributed by atoms with Gasteiger partial charge in [-0.3, -0.25) is 0 Å². The van der Waals surface area contributed by atoms with Crippen LogP contribution < -0.4 is 11.1 Å². The van der Waals surface area contributed by atoms with E-state index in [1.165, 1.54) is 0 Å². The Balaban J connectivity index is 2.23. The number of benzene rings is 1. The molecule has 2 rings (SSSR count). The number of nitrogens with zero attached hydrogens (tertiary/aromatic N) is 2. The normalized spacial score (nSPS) is 10.2. The lowest BCUT2D eigenvalue weighted by atomic mass is 10.1. The Morgan fingerprint density at radius 3 is 2.65 bits per heavy atom. The Labute approximate surface area is 108 Å². The van der Waals surface area contributed by atoms with Crippen LogP contribution in [-0.2, 0) is 0 Å². The van der Waals surface area contributed by atoms with Crippen LogP contribution in [0.4, 0.5) is 5.95 Å². The van der Waals surface area contributed by atoms with Crippen LogP contribution in [-0.4, -0.2) is 23.1 Å². The lowest BCUT2D eigenvalue weighted by Crippen LogP contribution is -2.14. The number of rotatable bonds is 4. The molecule has 3 N–H and O–H groups in total. The van der Waals surface area contributed by atoms with Gasteiger partial charge in [0, 0.05) is 29.3 Å². The highest BCUT2D eigenvalue weighted by atomic mass is 79.9. The predicted octanol–water partition coefficient (Wildman–Crippen LogP) is 2.28. The second-order valence-electron chi connectivity index (χ2n) is 3.49. The number of anilines is 1. The molecule has 0 amide bonds. The molecule has 0 atom stereocenters. The standard InChI is InChI=1S/C12H13BrN4/c13-10-3-1-9(2-4-10)11-5-7-15-12(17-11)16-8-6-14/h1-5,7H,6,8,14H2,(H,15,16,17). The Morgan fingerprint density at radius 1 is 1.18 bits per heavy atom. The summed E-state index contributed by atoms with van der Waals surface area (Å²) in [6.07, 6.45) is 1.74. The van der Waals surface area contributed by atoms with E-state index in [4.69, 9.17) is 5.73 Å². The van der Waals surface area contributed by atoms with Crippen LogP contribution in [0, 0.1) is 0 Å². The van der Waals surface area contributed by atoms with Gasteiger partial charge in [-0.25, -0.2) is 9.97 Å². The van der Waals surface area contributed by atoms with Crippen molar-refractivity contribution in [2.75, 3.05) is 18.4 Å². The van der Waals surface area contributed by atoms with E-state index in [9.17, 15) is 0 Å². The summed E-state index contributed by atoms with van der Waals surface area (Å²) in [6, 6.07) is 9.89. The first-order chi connectivity index (χ1) is 8.29. The molecule has 1 aromatic carbocycles. The first-order valence-electron chi connectivity index (χ1n) is 5.32. The molecule has 0 saturated carbocycles. The van der Waals surface area contributed by atoms with Crippen LogP contribution in [0.2, 0.25) is 0 Å². The van der Waals surface area contributed by atoms with Crippen LogP contribution in [0.3, 0.4) is 0 Å². The third-order valence-corrected chi connectivity index (χ3v) is 2.75. The molecule has 0 fully saturated rings. The van der Waals surface area contributed by atoms with Crippen molar-refractivity contribution in [2.45, 2.75) is 0 Å². The lowest BCUT2D eigenvalue weighted by molar-refractivity contribution is 0.990. The van der Waals surface area contributed by atoms with Gasteiger partial charge in [0.15, 0.2) is 0 Å². The average molecular weight is 293 g/mol. The van der Waals surface area contributed by atoms with Gasteiger partial charge in [0.05, 0.1) is 5.69 Å². The molecular formula is C12H13BrN4. The maximum absolute atomic E-state index is 5.42. The maximum Gasteiger partial charge on any atom is 0.223 e. The fourth-order valence-electron chi connectivity index (χ4n) is 1.41. The zero-order valence-corrected chi connectivity index (χ0v) is 10.8. The predicted molar refractivity (Wildman–Crippen MR) is 72.7 cm³/mol. The second-order valence-corrected chi connectivity index (χ2v) is 4.40. The van der Waals surface area contributed by atoms with E-state index in [2.05, 4.69) is 31.2 Å². The molecule has 1 heterocycles. The van der Waals surface area contributed by atoms with E-state index in [0.717, 1.165) is 15.7 Å². The zero-order chi connectivity index (χ0) is 12.1. The summed E-state index contributed by atoms with van der Waals surface area (Å²) in [6.45, 7) is 1.23. The first-order valence-corrected chi connectivity index (χ1v) is 6.12. The number of nitrogens with two attached hydrogens (primary N) is 1. The summed E-state index contributed by atoms with van der Waals surface area (Å²) < 4.78 is 1.05. The summed E-state index contributed by atoms with van der Waals surface area (Å²) in [7, 11) is 0. The smallest absolute Gasteiger partial charge is 0.223 e. The first kappa shape index (κ1) is 12.0. The van der Waals surface area contributed by atoms with Crippen molar-refractivity contribution in [3.05, 3.63) is 41.0 Å². The topological polar surface area (TPSA) is 63.8 Å². The molecule has 0 unspecified atom stereocenters. The van der Waals surface area contributed by atoms with Gasteiger partial charge in [-0.15, -0.1) is 0 Å². The summed E-state index contributed by atoms with van der Waals surface area (Å²) in [4.78, 5) is 8.55. The average Bonchev–Trinajstić information content (AvgIpc) is 2.37. The van der Waals surface area contributed by atoms with E-state index in [1.807, 2.05) is 30.3 Å². The highest BCUT2D eigenvalue weighted by Gasteiger charge is 2.01. The van der Waals surface area contributed by atoms with E-state index >= 15 is 0 Å². The third-order valence-electron chi connectivity index (χ3n) is 2.22. The van der Waals surface area contributed by atoms with E-state index in [0.29, 0.717) is 19.0 Å². The number of hydrogen-bond acceptors (Lipinski definition) is 4. The minimum Gasteiger partial charge on any atom is -0.353 e. The van der Waals surface area contributed by atoms with Crippen molar-refractivity contribution in [1.29, 1.82) is 0 Å². The van der Waals surface area contributed by atoms with E-state index in [1.54, 1.807) is 6.20 Å². The Bertz CT molecular complexity index is 484. The maximum atomic E-state index is 5.42. The van der Waals surface area contributed by atoms with Crippen LogP contribution >= 0.6 is 15.9 Å². The fourth-order valence-corrected chi connectivity index (χ4v) is 1.67. The fraction of sp³-hybridized carbons (Fsp3) is 0.167. The van der Waals surface area contributed by atoms with Gasteiger partial charge in [0.1, 0.15) is 0 Å². The van der Waals surface area contributed by atoms with Crippen LogP contribution in [0.25, 0.3) is 11.3 Å². The van der Waals surface area contributed by atoms with Gasteiger partial charge in [-0.1, -0.05) is 28.1 Å². The molecule has 88 valence electrons. The summed E-state index contributed by atoms with van der Waals surface area (Å²) in [5, 5.41) is 3.06. The summed E-state index contributed by atoms with van der Waals surface area (Å²) in [5.41, 5.74) is 7.38. The van der Waals surface area contributed by atoms with Gasteiger partial charge in [0.2, 0.25) is 5.95 Å². The van der Waals surface area contributed by atoms with Gasteiger partial charge >= 0.3 is 0 Å². The molecule has 5 heteroatoms. The van der Waals surface area contributed by atoms with Gasteiger partial charge < -0.3 is 11.1 Å². The molecule has 0 aliphatic heterocycles. The van der Waals surface area contributed by atoms with Gasteiger partial charge in [-0.2, -0.15) is 0 Å². The van der Waals surface area contributed by atoms with Crippen molar-refractivity contribution in [3.8, 4) is 11.3 Å². The minimum atomic E-state index is 0.561. The molecule has 2 aromatic rings. The van der Waals surface area contributed by atoms with Crippen LogP contribution in [0.5, 0.6) is 0 Å². The van der Waals surface area contributed by atoms with Crippen molar-refractivity contribution in [1.82, 2.24) is 9.97 Å². The van der Waals surface area contributed by atoms with E-state index in [-0.39, 0.29) is 0 Å². The van der Waals surface area contributed by atoms with Crippen LogP contribution in [0.15, 0.2) is 41.0 Å². The molecule has 4 nitrogen and oxygen atoms in total. The quantitative estimate of drug-likeness (QED) is 0.907. The monoisotopic (exact) mass is 292 g/mol. The third kappa shape index (κ3) is 3.25. The number of aromatic nitrogens is 2.